The van der Waals surface area contributed by atoms with Gasteiger partial charge in [0.25, 0.3) is 0 Å². The average molecular weight is 481 g/mol. The van der Waals surface area contributed by atoms with Crippen LogP contribution in [0.4, 0.5) is 5.69 Å². The number of carbonyl (C=O) groups excluding carboxylic acids is 1. The molecule has 2 heterocycles. The number of hydrogen-bond donors (Lipinski definition) is 2. The van der Waals surface area contributed by atoms with Gasteiger partial charge in [-0.05, 0) is 81.1 Å². The molecule has 2 aromatic rings. The molecule has 2 unspecified atom stereocenters. The van der Waals surface area contributed by atoms with Crippen LogP contribution in [0.2, 0.25) is 5.02 Å². The van der Waals surface area contributed by atoms with Gasteiger partial charge in [0.2, 0.25) is 5.91 Å². The highest BCUT2D eigenvalue weighted by molar-refractivity contribution is 6.30. The largest absolute Gasteiger partial charge is 0.381 e. The van der Waals surface area contributed by atoms with Crippen LogP contribution in [0.25, 0.3) is 5.70 Å². The third kappa shape index (κ3) is 5.94. The normalized spacial score (nSPS) is 20.7. The molecule has 2 atom stereocenters. The molecule has 34 heavy (non-hydrogen) atoms. The van der Waals surface area contributed by atoms with E-state index in [-0.39, 0.29) is 17.9 Å². The lowest BCUT2D eigenvalue weighted by Crippen LogP contribution is -2.47. The fourth-order valence-corrected chi connectivity index (χ4v) is 5.03. The second-order valence-electron chi connectivity index (χ2n) is 9.59. The molecule has 0 aliphatic carbocycles. The Bertz CT molecular complexity index is 1010. The monoisotopic (exact) mass is 480 g/mol. The molecule has 2 aliphatic heterocycles. The van der Waals surface area contributed by atoms with Crippen molar-refractivity contribution in [2.75, 3.05) is 44.2 Å². The summed E-state index contributed by atoms with van der Waals surface area (Å²) in [5, 5.41) is 7.29. The zero-order valence-corrected chi connectivity index (χ0v) is 21.4. The van der Waals surface area contributed by atoms with Crippen LogP contribution in [0.5, 0.6) is 0 Å². The number of nitrogens with zero attached hydrogens (tertiary/aromatic N) is 2. The zero-order chi connectivity index (χ0) is 24.1. The van der Waals surface area contributed by atoms with Gasteiger partial charge in [-0.15, -0.1) is 0 Å². The molecule has 2 aromatic carbocycles. The molecule has 5 nitrogen and oxygen atoms in total. The standard InChI is InChI=1S/C28H37ClN4O/c1-20-7-6-8-27(21(20)2)33-17-15-32(16-18-33)14-5-4-13-30-28(34)25-19-26(31-22(25)3)23-9-11-24(29)12-10-23/h6-12,19,22,25,31H,4-5,13-18H2,1-3H3,(H,30,34). The molecular formula is C28H37ClN4O. The van der Waals surface area contributed by atoms with Crippen molar-refractivity contribution in [3.63, 3.8) is 0 Å². The van der Waals surface area contributed by atoms with Crippen LogP contribution >= 0.6 is 11.6 Å². The van der Waals surface area contributed by atoms with Crippen molar-refractivity contribution >= 4 is 28.9 Å². The summed E-state index contributed by atoms with van der Waals surface area (Å²) in [6.45, 7) is 12.7. The van der Waals surface area contributed by atoms with E-state index >= 15 is 0 Å². The van der Waals surface area contributed by atoms with Crippen molar-refractivity contribution in [1.82, 2.24) is 15.5 Å². The maximum Gasteiger partial charge on any atom is 0.229 e. The van der Waals surface area contributed by atoms with Crippen LogP contribution in [0.3, 0.4) is 0 Å². The number of anilines is 1. The Morgan fingerprint density at radius 2 is 1.79 bits per heavy atom. The summed E-state index contributed by atoms with van der Waals surface area (Å²) in [5.74, 6) is -0.0464. The van der Waals surface area contributed by atoms with Gasteiger partial charge in [-0.3, -0.25) is 9.69 Å². The van der Waals surface area contributed by atoms with Crippen molar-refractivity contribution in [2.24, 2.45) is 5.92 Å². The SMILES string of the molecule is Cc1cccc(N2CCN(CCCCNC(=O)C3C=C(c4ccc(Cl)cc4)NC3C)CC2)c1C. The van der Waals surface area contributed by atoms with E-state index < -0.39 is 0 Å². The molecule has 0 bridgehead atoms. The van der Waals surface area contributed by atoms with E-state index in [1.807, 2.05) is 30.3 Å². The van der Waals surface area contributed by atoms with Crippen molar-refractivity contribution in [1.29, 1.82) is 0 Å². The van der Waals surface area contributed by atoms with Crippen molar-refractivity contribution < 1.29 is 4.79 Å². The Balaban J connectivity index is 1.15. The molecule has 2 N–H and O–H groups in total. The van der Waals surface area contributed by atoms with E-state index in [1.54, 1.807) is 0 Å². The highest BCUT2D eigenvalue weighted by atomic mass is 35.5. The van der Waals surface area contributed by atoms with Gasteiger partial charge >= 0.3 is 0 Å². The minimum Gasteiger partial charge on any atom is -0.381 e. The van der Waals surface area contributed by atoms with Gasteiger partial charge in [0.05, 0.1) is 5.92 Å². The lowest BCUT2D eigenvalue weighted by atomic mass is 10.0. The highest BCUT2D eigenvalue weighted by Crippen LogP contribution is 2.26. The van der Waals surface area contributed by atoms with E-state index in [0.717, 1.165) is 63.4 Å². The summed E-state index contributed by atoms with van der Waals surface area (Å²) in [6.07, 6.45) is 4.15. The first-order chi connectivity index (χ1) is 16.4. The van der Waals surface area contributed by atoms with Crippen molar-refractivity contribution in [2.45, 2.75) is 39.7 Å². The molecule has 6 heteroatoms. The number of unbranched alkanes of at least 4 members (excludes halogenated alkanes) is 1. The molecular weight excluding hydrogens is 444 g/mol. The maximum atomic E-state index is 12.7. The van der Waals surface area contributed by atoms with Gasteiger partial charge in [0, 0.05) is 55.2 Å². The first-order valence-electron chi connectivity index (χ1n) is 12.5. The average Bonchev–Trinajstić information content (AvgIpc) is 3.23. The topological polar surface area (TPSA) is 47.6 Å². The van der Waals surface area contributed by atoms with E-state index in [2.05, 4.69) is 59.4 Å². The second kappa shape index (κ2) is 11.3. The molecule has 1 amide bonds. The van der Waals surface area contributed by atoms with Crippen LogP contribution in [0.1, 0.15) is 36.5 Å². The lowest BCUT2D eigenvalue weighted by molar-refractivity contribution is -0.123. The highest BCUT2D eigenvalue weighted by Gasteiger charge is 2.29. The Morgan fingerprint density at radius 3 is 2.53 bits per heavy atom. The Kier molecular flexibility index (Phi) is 8.17. The van der Waals surface area contributed by atoms with Crippen LogP contribution in [-0.4, -0.2) is 56.1 Å². The molecule has 1 fully saturated rings. The lowest BCUT2D eigenvalue weighted by Gasteiger charge is -2.37. The number of piperazine rings is 1. The van der Waals surface area contributed by atoms with Crippen LogP contribution in [0.15, 0.2) is 48.5 Å². The molecule has 182 valence electrons. The third-order valence-electron chi connectivity index (χ3n) is 7.22. The van der Waals surface area contributed by atoms with E-state index in [9.17, 15) is 4.79 Å². The third-order valence-corrected chi connectivity index (χ3v) is 7.47. The van der Waals surface area contributed by atoms with Gasteiger partial charge in [-0.1, -0.05) is 35.9 Å². The number of benzene rings is 2. The number of aryl methyl sites for hydroxylation is 1. The summed E-state index contributed by atoms with van der Waals surface area (Å²) in [5.41, 5.74) is 6.20. The predicted molar refractivity (Wildman–Crippen MR) is 142 cm³/mol. The van der Waals surface area contributed by atoms with Gasteiger partial charge in [0.1, 0.15) is 0 Å². The fourth-order valence-electron chi connectivity index (χ4n) is 4.90. The Labute approximate surface area is 209 Å². The fraction of sp³-hybridized carbons (Fsp3) is 0.464. The molecule has 1 saturated heterocycles. The summed E-state index contributed by atoms with van der Waals surface area (Å²) >= 11 is 5.99. The summed E-state index contributed by atoms with van der Waals surface area (Å²) in [4.78, 5) is 17.8. The number of carbonyl (C=O) groups is 1. The molecule has 2 aliphatic rings. The minimum absolute atomic E-state index is 0.0824. The van der Waals surface area contributed by atoms with E-state index in [1.165, 1.54) is 16.8 Å². The number of hydrogen-bond acceptors (Lipinski definition) is 4. The van der Waals surface area contributed by atoms with Crippen molar-refractivity contribution in [3.05, 3.63) is 70.3 Å². The zero-order valence-electron chi connectivity index (χ0n) is 20.6. The number of amides is 1. The molecule has 0 saturated carbocycles. The Morgan fingerprint density at radius 1 is 1.06 bits per heavy atom. The van der Waals surface area contributed by atoms with E-state index in [0.29, 0.717) is 5.02 Å². The Hall–Kier alpha value is -2.50. The number of rotatable bonds is 8. The van der Waals surface area contributed by atoms with Gasteiger partial charge < -0.3 is 15.5 Å². The minimum atomic E-state index is -0.149. The predicted octanol–water partition coefficient (Wildman–Crippen LogP) is 4.62. The van der Waals surface area contributed by atoms with Gasteiger partial charge in [-0.25, -0.2) is 0 Å². The number of nitrogens with one attached hydrogen (secondary N) is 2. The summed E-state index contributed by atoms with van der Waals surface area (Å²) in [6, 6.07) is 14.4. The summed E-state index contributed by atoms with van der Waals surface area (Å²) in [7, 11) is 0. The first kappa shape index (κ1) is 24.6. The second-order valence-corrected chi connectivity index (χ2v) is 10.0. The number of halogens is 1. The van der Waals surface area contributed by atoms with Gasteiger partial charge in [-0.2, -0.15) is 0 Å². The molecule has 0 spiro atoms. The summed E-state index contributed by atoms with van der Waals surface area (Å²) < 4.78 is 0. The molecule has 4 rings (SSSR count). The smallest absolute Gasteiger partial charge is 0.229 e. The maximum absolute atomic E-state index is 12.7. The van der Waals surface area contributed by atoms with Crippen LogP contribution in [-0.2, 0) is 4.79 Å². The molecule has 0 radical (unpaired) electrons. The van der Waals surface area contributed by atoms with Gasteiger partial charge in [0.15, 0.2) is 0 Å². The van der Waals surface area contributed by atoms with Crippen LogP contribution in [0, 0.1) is 19.8 Å². The van der Waals surface area contributed by atoms with E-state index in [4.69, 9.17) is 11.6 Å². The van der Waals surface area contributed by atoms with Crippen molar-refractivity contribution in [3.8, 4) is 0 Å². The van der Waals surface area contributed by atoms with Crippen LogP contribution < -0.4 is 15.5 Å². The first-order valence-corrected chi connectivity index (χ1v) is 12.9. The quantitative estimate of drug-likeness (QED) is 0.541. The molecule has 0 aromatic heterocycles.